The Hall–Kier alpha value is -2.61. The van der Waals surface area contributed by atoms with Gasteiger partial charge < -0.3 is 19.5 Å². The molecule has 31 heavy (non-hydrogen) atoms. The monoisotopic (exact) mass is 474 g/mol. The third-order valence-electron chi connectivity index (χ3n) is 5.23. The third-order valence-corrected chi connectivity index (χ3v) is 6.13. The van der Waals surface area contributed by atoms with Crippen molar-refractivity contribution in [3.05, 3.63) is 82.4 Å². The summed E-state index contributed by atoms with van der Waals surface area (Å²) in [6.45, 7) is 0.409. The Bertz CT molecular complexity index is 1110. The van der Waals surface area contributed by atoms with Crippen LogP contribution in [0.3, 0.4) is 0 Å². The number of halogens is 2. The molecular weight excluding hydrogens is 455 g/mol. The highest BCUT2D eigenvalue weighted by Crippen LogP contribution is 2.40. The Morgan fingerprint density at radius 2 is 2.06 bits per heavy atom. The number of hydrogen-bond donors (Lipinski definition) is 1. The maximum absolute atomic E-state index is 11.8. The molecule has 1 aliphatic rings. The highest BCUT2D eigenvalue weighted by Gasteiger charge is 2.41. The summed E-state index contributed by atoms with van der Waals surface area (Å²) in [7, 11) is 1.38. The third kappa shape index (κ3) is 4.39. The molecular formula is C22H20Cl2N4O2S. The van der Waals surface area contributed by atoms with Crippen molar-refractivity contribution in [1.29, 1.82) is 0 Å². The zero-order valence-corrected chi connectivity index (χ0v) is 19.0. The maximum atomic E-state index is 11.8. The van der Waals surface area contributed by atoms with Crippen molar-refractivity contribution in [2.24, 2.45) is 0 Å². The normalized spacial score (nSPS) is 18.2. The number of hydrogen-bond acceptors (Lipinski definition) is 4. The van der Waals surface area contributed by atoms with Crippen LogP contribution in [0.15, 0.2) is 60.9 Å². The van der Waals surface area contributed by atoms with Crippen molar-refractivity contribution >= 4 is 46.5 Å². The van der Waals surface area contributed by atoms with Crippen molar-refractivity contribution in [2.75, 3.05) is 13.7 Å². The summed E-state index contributed by atoms with van der Waals surface area (Å²) >= 11 is 18.2. The second-order valence-corrected chi connectivity index (χ2v) is 8.28. The molecule has 0 radical (unpaired) electrons. The van der Waals surface area contributed by atoms with Gasteiger partial charge in [-0.1, -0.05) is 29.3 Å². The van der Waals surface area contributed by atoms with Crippen LogP contribution in [0.4, 0.5) is 0 Å². The number of methoxy groups -OCH3 is 1. The second-order valence-electron chi connectivity index (χ2n) is 7.04. The molecule has 9 heteroatoms. The van der Waals surface area contributed by atoms with E-state index in [0.717, 1.165) is 17.1 Å². The second kappa shape index (κ2) is 9.26. The summed E-state index contributed by atoms with van der Waals surface area (Å²) in [5, 5.41) is 5.04. The van der Waals surface area contributed by atoms with Crippen LogP contribution in [0, 0.1) is 0 Å². The van der Waals surface area contributed by atoms with Crippen LogP contribution < -0.4 is 5.32 Å². The first-order chi connectivity index (χ1) is 15.0. The molecule has 3 aromatic rings. The molecule has 3 heterocycles. The summed E-state index contributed by atoms with van der Waals surface area (Å²) in [6.07, 6.45) is 3.91. The average Bonchev–Trinajstić information content (AvgIpc) is 3.36. The van der Waals surface area contributed by atoms with E-state index in [9.17, 15) is 4.79 Å². The van der Waals surface area contributed by atoms with Crippen molar-refractivity contribution in [3.63, 3.8) is 0 Å². The van der Waals surface area contributed by atoms with Gasteiger partial charge in [-0.2, -0.15) is 0 Å². The lowest BCUT2D eigenvalue weighted by Gasteiger charge is -2.28. The summed E-state index contributed by atoms with van der Waals surface area (Å²) in [5.74, 6) is -0.293. The zero-order chi connectivity index (χ0) is 22.0. The van der Waals surface area contributed by atoms with Gasteiger partial charge in [-0.3, -0.25) is 9.78 Å². The lowest BCUT2D eigenvalue weighted by atomic mass is 10.0. The number of ether oxygens (including phenoxy) is 1. The lowest BCUT2D eigenvalue weighted by molar-refractivity contribution is -0.140. The SMILES string of the molecule is COC(=O)CCN1C(=S)N[C@@H](c2ccccn2)[C@H]1c1cccn1-c1ccc(Cl)cc1Cl. The Morgan fingerprint density at radius 1 is 1.23 bits per heavy atom. The van der Waals surface area contributed by atoms with Gasteiger partial charge in [-0.15, -0.1) is 0 Å². The number of rotatable bonds is 6. The fraction of sp³-hybridized carbons (Fsp3) is 0.227. The molecule has 0 spiro atoms. The van der Waals surface area contributed by atoms with E-state index >= 15 is 0 Å². The molecule has 1 N–H and O–H groups in total. The summed E-state index contributed by atoms with van der Waals surface area (Å²) in [5.41, 5.74) is 2.61. The Balaban J connectivity index is 1.78. The van der Waals surface area contributed by atoms with Gasteiger partial charge in [0.05, 0.1) is 42.0 Å². The Kier molecular flexibility index (Phi) is 6.46. The molecule has 6 nitrogen and oxygen atoms in total. The van der Waals surface area contributed by atoms with Crippen molar-refractivity contribution < 1.29 is 9.53 Å². The number of nitrogens with zero attached hydrogens (tertiary/aromatic N) is 3. The number of thiocarbonyl (C=S) groups is 1. The van der Waals surface area contributed by atoms with E-state index in [4.69, 9.17) is 40.2 Å². The van der Waals surface area contributed by atoms with E-state index in [1.807, 2.05) is 52.1 Å². The highest BCUT2D eigenvalue weighted by molar-refractivity contribution is 7.80. The maximum Gasteiger partial charge on any atom is 0.307 e. The summed E-state index contributed by atoms with van der Waals surface area (Å²) in [4.78, 5) is 18.4. The smallest absolute Gasteiger partial charge is 0.307 e. The summed E-state index contributed by atoms with van der Waals surface area (Å²) < 4.78 is 6.84. The molecule has 1 saturated heterocycles. The van der Waals surface area contributed by atoms with Gasteiger partial charge >= 0.3 is 5.97 Å². The minimum atomic E-state index is -0.293. The molecule has 1 aliphatic heterocycles. The number of benzene rings is 1. The fourth-order valence-corrected chi connectivity index (χ4v) is 4.64. The van der Waals surface area contributed by atoms with E-state index in [-0.39, 0.29) is 24.5 Å². The minimum absolute atomic E-state index is 0.203. The largest absolute Gasteiger partial charge is 0.469 e. The van der Waals surface area contributed by atoms with E-state index in [1.54, 1.807) is 18.3 Å². The molecule has 0 bridgehead atoms. The first kappa shape index (κ1) is 21.6. The van der Waals surface area contributed by atoms with Crippen molar-refractivity contribution in [2.45, 2.75) is 18.5 Å². The number of esters is 1. The predicted octanol–water partition coefficient (Wildman–Crippen LogP) is 4.71. The molecule has 2 aromatic heterocycles. The van der Waals surface area contributed by atoms with Gasteiger partial charge in [-0.25, -0.2) is 0 Å². The molecule has 0 unspecified atom stereocenters. The standard InChI is InChI=1S/C22H20Cl2N4O2S/c1-30-19(29)9-12-28-21(20(26-22(28)31)16-5-2-3-10-25-16)18-6-4-11-27(18)17-8-7-14(23)13-15(17)24/h2-8,10-11,13,20-21H,9,12H2,1H3,(H,26,31)/t20-,21+/m0/s1. The number of pyridine rings is 1. The number of carbonyl (C=O) groups excluding carboxylic acids is 1. The molecule has 0 saturated carbocycles. The molecule has 1 fully saturated rings. The highest BCUT2D eigenvalue weighted by atomic mass is 35.5. The number of aromatic nitrogens is 2. The molecule has 160 valence electrons. The van der Waals surface area contributed by atoms with E-state index < -0.39 is 0 Å². The van der Waals surface area contributed by atoms with Gasteiger partial charge in [-0.05, 0) is 54.7 Å². The lowest BCUT2D eigenvalue weighted by Crippen LogP contribution is -2.32. The molecule has 1 aromatic carbocycles. The minimum Gasteiger partial charge on any atom is -0.469 e. The quantitative estimate of drug-likeness (QED) is 0.412. The first-order valence-electron chi connectivity index (χ1n) is 9.67. The zero-order valence-electron chi connectivity index (χ0n) is 16.7. The van der Waals surface area contributed by atoms with Crippen LogP contribution in [0.1, 0.15) is 29.9 Å². The van der Waals surface area contributed by atoms with E-state index in [1.165, 1.54) is 7.11 Å². The van der Waals surface area contributed by atoms with Crippen LogP contribution in [0.5, 0.6) is 0 Å². The molecule has 2 atom stereocenters. The number of carbonyl (C=O) groups is 1. The van der Waals surface area contributed by atoms with Gasteiger partial charge in [0.2, 0.25) is 0 Å². The van der Waals surface area contributed by atoms with Crippen LogP contribution in [-0.2, 0) is 9.53 Å². The van der Waals surface area contributed by atoms with Gasteiger partial charge in [0, 0.05) is 29.7 Å². The van der Waals surface area contributed by atoms with Crippen LogP contribution >= 0.6 is 35.4 Å². The van der Waals surface area contributed by atoms with Crippen LogP contribution in [0.2, 0.25) is 10.0 Å². The Morgan fingerprint density at radius 3 is 2.77 bits per heavy atom. The van der Waals surface area contributed by atoms with Crippen molar-refractivity contribution in [3.8, 4) is 5.69 Å². The average molecular weight is 475 g/mol. The summed E-state index contributed by atoms with van der Waals surface area (Å²) in [6, 6.07) is 14.7. The number of nitrogens with one attached hydrogen (secondary N) is 1. The molecule has 0 aliphatic carbocycles. The van der Waals surface area contributed by atoms with Crippen LogP contribution in [-0.4, -0.2) is 39.2 Å². The van der Waals surface area contributed by atoms with Crippen molar-refractivity contribution in [1.82, 2.24) is 19.8 Å². The van der Waals surface area contributed by atoms with Gasteiger partial charge in [0.1, 0.15) is 0 Å². The van der Waals surface area contributed by atoms with E-state index in [2.05, 4.69) is 10.3 Å². The fourth-order valence-electron chi connectivity index (χ4n) is 3.81. The first-order valence-corrected chi connectivity index (χ1v) is 10.8. The predicted molar refractivity (Wildman–Crippen MR) is 125 cm³/mol. The Labute approximate surface area is 195 Å². The van der Waals surface area contributed by atoms with Gasteiger partial charge in [0.25, 0.3) is 0 Å². The molecule has 4 rings (SSSR count). The van der Waals surface area contributed by atoms with E-state index in [0.29, 0.717) is 21.7 Å². The topological polar surface area (TPSA) is 59.4 Å². The van der Waals surface area contributed by atoms with Gasteiger partial charge in [0.15, 0.2) is 5.11 Å². The molecule has 0 amide bonds. The van der Waals surface area contributed by atoms with Crippen LogP contribution in [0.25, 0.3) is 5.69 Å².